The molecule has 1 aliphatic carbocycles. The molecule has 0 spiro atoms. The molecule has 1 saturated carbocycles. The van der Waals surface area contributed by atoms with Gasteiger partial charge in [-0.25, -0.2) is 0 Å². The Hall–Kier alpha value is -1.84. The van der Waals surface area contributed by atoms with Crippen molar-refractivity contribution in [2.45, 2.75) is 32.6 Å². The second-order valence-electron chi connectivity index (χ2n) is 5.63. The second-order valence-corrected chi connectivity index (χ2v) is 5.63. The molecule has 1 aliphatic rings. The van der Waals surface area contributed by atoms with E-state index in [1.807, 2.05) is 31.2 Å². The Morgan fingerprint density at radius 2 is 1.75 bits per heavy atom. The van der Waals surface area contributed by atoms with Gasteiger partial charge in [-0.1, -0.05) is 24.1 Å². The van der Waals surface area contributed by atoms with Crippen LogP contribution in [0.15, 0.2) is 24.3 Å². The molecule has 1 amide bonds. The van der Waals surface area contributed by atoms with Gasteiger partial charge in [-0.05, 0) is 38.3 Å². The molecule has 20 heavy (non-hydrogen) atoms. The molecule has 2 unspecified atom stereocenters. The van der Waals surface area contributed by atoms with Crippen LogP contribution in [0.25, 0.3) is 0 Å². The predicted molar refractivity (Wildman–Crippen MR) is 77.7 cm³/mol. The maximum atomic E-state index is 12.5. The number of nitrogens with zero attached hydrogens (tertiary/aromatic N) is 1. The molecule has 4 heteroatoms. The number of amides is 1. The number of carboxylic acids is 1. The lowest BCUT2D eigenvalue weighted by Crippen LogP contribution is -2.36. The van der Waals surface area contributed by atoms with Crippen LogP contribution in [0, 0.1) is 18.8 Å². The van der Waals surface area contributed by atoms with Gasteiger partial charge in [0.1, 0.15) is 0 Å². The number of carbonyl (C=O) groups excluding carboxylic acids is 1. The topological polar surface area (TPSA) is 57.6 Å². The molecule has 1 N–H and O–H groups in total. The normalized spacial score (nSPS) is 22.3. The van der Waals surface area contributed by atoms with Crippen molar-refractivity contribution in [1.82, 2.24) is 0 Å². The summed E-state index contributed by atoms with van der Waals surface area (Å²) in [5.74, 6) is -1.29. The highest BCUT2D eigenvalue weighted by Crippen LogP contribution is 2.31. The number of anilines is 1. The summed E-state index contributed by atoms with van der Waals surface area (Å²) in [5, 5.41) is 9.10. The number of carboxylic acid groups (broad SMARTS) is 1. The molecule has 1 aromatic rings. The average Bonchev–Trinajstić information content (AvgIpc) is 2.46. The Balaban J connectivity index is 2.06. The average molecular weight is 275 g/mol. The van der Waals surface area contributed by atoms with Crippen LogP contribution in [0.2, 0.25) is 0 Å². The standard InChI is InChI=1S/C16H21NO3/c1-11-6-8-14(9-7-11)17(2)15(18)12-4-3-5-13(10-12)16(19)20/h6-9,12-13H,3-5,10H2,1-2H3,(H,19,20). The van der Waals surface area contributed by atoms with E-state index in [0.717, 1.165) is 24.1 Å². The van der Waals surface area contributed by atoms with Gasteiger partial charge in [-0.3, -0.25) is 9.59 Å². The van der Waals surface area contributed by atoms with Gasteiger partial charge >= 0.3 is 5.97 Å². The Kier molecular flexibility index (Phi) is 4.42. The SMILES string of the molecule is Cc1ccc(N(C)C(=O)C2CCCC(C(=O)O)C2)cc1. The fourth-order valence-electron chi connectivity index (χ4n) is 2.81. The third-order valence-electron chi connectivity index (χ3n) is 4.12. The van der Waals surface area contributed by atoms with Crippen molar-refractivity contribution in [3.63, 3.8) is 0 Å². The number of rotatable bonds is 3. The molecule has 4 nitrogen and oxygen atoms in total. The summed E-state index contributed by atoms with van der Waals surface area (Å²) >= 11 is 0. The molecule has 0 aliphatic heterocycles. The minimum Gasteiger partial charge on any atom is -0.481 e. The fraction of sp³-hybridized carbons (Fsp3) is 0.500. The van der Waals surface area contributed by atoms with Gasteiger partial charge in [0.05, 0.1) is 5.92 Å². The van der Waals surface area contributed by atoms with Crippen molar-refractivity contribution in [2.24, 2.45) is 11.8 Å². The van der Waals surface area contributed by atoms with E-state index in [9.17, 15) is 9.59 Å². The van der Waals surface area contributed by atoms with Crippen molar-refractivity contribution in [2.75, 3.05) is 11.9 Å². The highest BCUT2D eigenvalue weighted by molar-refractivity contribution is 5.94. The van der Waals surface area contributed by atoms with E-state index in [1.165, 1.54) is 0 Å². The molecule has 0 bridgehead atoms. The summed E-state index contributed by atoms with van der Waals surface area (Å²) in [6.45, 7) is 2.00. The van der Waals surface area contributed by atoms with Crippen molar-refractivity contribution in [3.8, 4) is 0 Å². The number of aliphatic carboxylic acids is 1. The number of hydrogen-bond donors (Lipinski definition) is 1. The zero-order valence-corrected chi connectivity index (χ0v) is 12.0. The van der Waals surface area contributed by atoms with Gasteiger partial charge in [-0.15, -0.1) is 0 Å². The van der Waals surface area contributed by atoms with Gasteiger partial charge in [0.25, 0.3) is 0 Å². The van der Waals surface area contributed by atoms with Crippen LogP contribution in [0.5, 0.6) is 0 Å². The molecule has 2 atom stereocenters. The van der Waals surface area contributed by atoms with Gasteiger partial charge in [0.2, 0.25) is 5.91 Å². The first-order valence-electron chi connectivity index (χ1n) is 7.06. The van der Waals surface area contributed by atoms with Crippen molar-refractivity contribution >= 4 is 17.6 Å². The quantitative estimate of drug-likeness (QED) is 0.922. The lowest BCUT2D eigenvalue weighted by Gasteiger charge is -2.29. The van der Waals surface area contributed by atoms with Crippen molar-refractivity contribution in [1.29, 1.82) is 0 Å². The summed E-state index contributed by atoms with van der Waals surface area (Å²) in [6, 6.07) is 7.79. The molecule has 1 aromatic carbocycles. The van der Waals surface area contributed by atoms with E-state index < -0.39 is 5.97 Å². The summed E-state index contributed by atoms with van der Waals surface area (Å²) in [5.41, 5.74) is 2.01. The van der Waals surface area contributed by atoms with E-state index in [4.69, 9.17) is 5.11 Å². The van der Waals surface area contributed by atoms with E-state index in [1.54, 1.807) is 11.9 Å². The monoisotopic (exact) mass is 275 g/mol. The minimum atomic E-state index is -0.777. The van der Waals surface area contributed by atoms with Crippen LogP contribution in [0.3, 0.4) is 0 Å². The molecule has 2 rings (SSSR count). The van der Waals surface area contributed by atoms with Gasteiger partial charge in [0.15, 0.2) is 0 Å². The molecule has 1 fully saturated rings. The van der Waals surface area contributed by atoms with Crippen LogP contribution in [-0.2, 0) is 9.59 Å². The number of hydrogen-bond acceptors (Lipinski definition) is 2. The summed E-state index contributed by atoms with van der Waals surface area (Å²) in [4.78, 5) is 25.2. The first-order valence-corrected chi connectivity index (χ1v) is 7.06. The molecule has 0 heterocycles. The second kappa shape index (κ2) is 6.07. The maximum absolute atomic E-state index is 12.5. The largest absolute Gasteiger partial charge is 0.481 e. The molecular formula is C16H21NO3. The van der Waals surface area contributed by atoms with Crippen LogP contribution in [0.1, 0.15) is 31.2 Å². The van der Waals surface area contributed by atoms with E-state index >= 15 is 0 Å². The zero-order chi connectivity index (χ0) is 14.7. The Bertz CT molecular complexity index is 495. The van der Waals surface area contributed by atoms with Crippen LogP contribution < -0.4 is 4.90 Å². The van der Waals surface area contributed by atoms with Gasteiger partial charge in [-0.2, -0.15) is 0 Å². The smallest absolute Gasteiger partial charge is 0.306 e. The Labute approximate surface area is 119 Å². The molecule has 0 saturated heterocycles. The Morgan fingerprint density at radius 1 is 1.15 bits per heavy atom. The summed E-state index contributed by atoms with van der Waals surface area (Å²) < 4.78 is 0. The van der Waals surface area contributed by atoms with Crippen LogP contribution in [0.4, 0.5) is 5.69 Å². The van der Waals surface area contributed by atoms with Crippen LogP contribution >= 0.6 is 0 Å². The Morgan fingerprint density at radius 3 is 2.35 bits per heavy atom. The van der Waals surface area contributed by atoms with Crippen LogP contribution in [-0.4, -0.2) is 24.0 Å². The summed E-state index contributed by atoms with van der Waals surface area (Å²) in [7, 11) is 1.76. The van der Waals surface area contributed by atoms with E-state index in [0.29, 0.717) is 12.8 Å². The molecular weight excluding hydrogens is 254 g/mol. The summed E-state index contributed by atoms with van der Waals surface area (Å²) in [6.07, 6.45) is 2.76. The predicted octanol–water partition coefficient (Wildman–Crippen LogP) is 2.85. The molecule has 0 radical (unpaired) electrons. The third kappa shape index (κ3) is 3.18. The number of carbonyl (C=O) groups is 2. The van der Waals surface area contributed by atoms with Gasteiger partial charge < -0.3 is 10.0 Å². The lowest BCUT2D eigenvalue weighted by molar-refractivity contribution is -0.143. The first-order chi connectivity index (χ1) is 9.49. The van der Waals surface area contributed by atoms with Gasteiger partial charge in [0, 0.05) is 18.7 Å². The van der Waals surface area contributed by atoms with Crippen molar-refractivity contribution < 1.29 is 14.7 Å². The van der Waals surface area contributed by atoms with Crippen molar-refractivity contribution in [3.05, 3.63) is 29.8 Å². The number of benzene rings is 1. The lowest BCUT2D eigenvalue weighted by atomic mass is 9.80. The first kappa shape index (κ1) is 14.6. The third-order valence-corrected chi connectivity index (χ3v) is 4.12. The minimum absolute atomic E-state index is 0.0276. The van der Waals surface area contributed by atoms with E-state index in [-0.39, 0.29) is 17.7 Å². The zero-order valence-electron chi connectivity index (χ0n) is 12.0. The maximum Gasteiger partial charge on any atom is 0.306 e. The highest BCUT2D eigenvalue weighted by atomic mass is 16.4. The van der Waals surface area contributed by atoms with E-state index in [2.05, 4.69) is 0 Å². The fourth-order valence-corrected chi connectivity index (χ4v) is 2.81. The molecule has 108 valence electrons. The number of aryl methyl sites for hydroxylation is 1. The molecule has 0 aromatic heterocycles. The highest BCUT2D eigenvalue weighted by Gasteiger charge is 2.32.